The second-order valence-corrected chi connectivity index (χ2v) is 5.19. The number of amides is 1. The Morgan fingerprint density at radius 1 is 1.41 bits per heavy atom. The second kappa shape index (κ2) is 5.01. The number of aryl methyl sites for hydroxylation is 1. The smallest absolute Gasteiger partial charge is 0.322 e. The Bertz CT molecular complexity index is 464. The third kappa shape index (κ3) is 3.60. The van der Waals surface area contributed by atoms with Gasteiger partial charge in [0.2, 0.25) is 0 Å². The quantitative estimate of drug-likeness (QED) is 0.793. The first-order valence-electron chi connectivity index (χ1n) is 5.62. The number of hydrogen-bond acceptors (Lipinski definition) is 2. The van der Waals surface area contributed by atoms with Gasteiger partial charge in [0.15, 0.2) is 6.07 Å². The maximum absolute atomic E-state index is 10.9. The Hall–Kier alpha value is -1.82. The lowest BCUT2D eigenvalue weighted by Crippen LogP contribution is -2.21. The van der Waals surface area contributed by atoms with Crippen LogP contribution in [0, 0.1) is 18.3 Å². The van der Waals surface area contributed by atoms with E-state index in [0.29, 0.717) is 6.54 Å². The van der Waals surface area contributed by atoms with Gasteiger partial charge in [-0.05, 0) is 29.0 Å². The van der Waals surface area contributed by atoms with Crippen molar-refractivity contribution in [2.45, 2.75) is 39.7 Å². The molecule has 0 aliphatic carbocycles. The summed E-state index contributed by atoms with van der Waals surface area (Å²) in [5, 5.41) is 10.9. The highest BCUT2D eigenvalue weighted by Gasteiger charge is 2.14. The van der Waals surface area contributed by atoms with E-state index in [9.17, 15) is 4.79 Å². The van der Waals surface area contributed by atoms with Crippen molar-refractivity contribution in [3.8, 4) is 6.07 Å². The van der Waals surface area contributed by atoms with Gasteiger partial charge in [0.05, 0.1) is 0 Å². The van der Waals surface area contributed by atoms with Crippen LogP contribution in [0.3, 0.4) is 0 Å². The van der Waals surface area contributed by atoms with Crippen molar-refractivity contribution < 1.29 is 4.79 Å². The van der Waals surface area contributed by atoms with Gasteiger partial charge in [0.1, 0.15) is 0 Å². The molecule has 0 fully saturated rings. The van der Waals surface area contributed by atoms with Crippen molar-refractivity contribution in [2.24, 2.45) is 0 Å². The predicted octanol–water partition coefficient (Wildman–Crippen LogP) is 2.43. The van der Waals surface area contributed by atoms with Crippen molar-refractivity contribution in [3.63, 3.8) is 0 Å². The van der Waals surface area contributed by atoms with Crippen molar-refractivity contribution >= 4 is 5.91 Å². The van der Waals surface area contributed by atoms with Gasteiger partial charge in [0, 0.05) is 6.54 Å². The van der Waals surface area contributed by atoms with E-state index in [1.165, 1.54) is 5.56 Å². The number of nitriles is 1. The number of nitrogens with zero attached hydrogens (tertiary/aromatic N) is 1. The molecule has 0 unspecified atom stereocenters. The van der Waals surface area contributed by atoms with E-state index in [-0.39, 0.29) is 5.41 Å². The Labute approximate surface area is 102 Å². The summed E-state index contributed by atoms with van der Waals surface area (Å²) in [6.07, 6.45) is 0. The van der Waals surface area contributed by atoms with Crippen molar-refractivity contribution in [1.82, 2.24) is 5.32 Å². The van der Waals surface area contributed by atoms with E-state index in [0.717, 1.165) is 11.1 Å². The summed E-state index contributed by atoms with van der Waals surface area (Å²) in [4.78, 5) is 10.9. The van der Waals surface area contributed by atoms with Crippen LogP contribution in [0.15, 0.2) is 18.2 Å². The molecule has 0 spiro atoms. The molecule has 0 aliphatic rings. The zero-order valence-electron chi connectivity index (χ0n) is 10.8. The predicted molar refractivity (Wildman–Crippen MR) is 67.3 cm³/mol. The van der Waals surface area contributed by atoms with Gasteiger partial charge in [-0.15, -0.1) is 0 Å². The molecule has 1 aromatic rings. The summed E-state index contributed by atoms with van der Waals surface area (Å²) in [6.45, 7) is 8.92. The number of carbonyl (C=O) groups excluding carboxylic acids is 1. The Kier molecular flexibility index (Phi) is 3.90. The van der Waals surface area contributed by atoms with Gasteiger partial charge < -0.3 is 5.32 Å². The van der Waals surface area contributed by atoms with E-state index in [2.05, 4.69) is 38.2 Å². The minimum Gasteiger partial charge on any atom is -0.339 e. The minimum absolute atomic E-state index is 0.124. The third-order valence-electron chi connectivity index (χ3n) is 2.75. The zero-order valence-corrected chi connectivity index (χ0v) is 10.8. The molecule has 0 heterocycles. The summed E-state index contributed by atoms with van der Waals surface area (Å²) in [7, 11) is 0. The van der Waals surface area contributed by atoms with Crippen LogP contribution in [0.1, 0.15) is 37.5 Å². The van der Waals surface area contributed by atoms with Crippen molar-refractivity contribution in [1.29, 1.82) is 5.26 Å². The highest BCUT2D eigenvalue weighted by Crippen LogP contribution is 2.24. The lowest BCUT2D eigenvalue weighted by atomic mass is 9.85. The van der Waals surface area contributed by atoms with Crippen LogP contribution >= 0.6 is 0 Å². The average Bonchev–Trinajstić information content (AvgIpc) is 2.25. The maximum Gasteiger partial charge on any atom is 0.322 e. The summed E-state index contributed by atoms with van der Waals surface area (Å²) < 4.78 is 0. The van der Waals surface area contributed by atoms with Gasteiger partial charge in [0.25, 0.3) is 0 Å². The molecule has 90 valence electrons. The Morgan fingerprint density at radius 2 is 2.06 bits per heavy atom. The molecule has 0 saturated carbocycles. The molecule has 0 saturated heterocycles. The molecular formula is C14H18N2O. The molecule has 0 atom stereocenters. The second-order valence-electron chi connectivity index (χ2n) is 5.19. The molecule has 0 aliphatic heterocycles. The highest BCUT2D eigenvalue weighted by atomic mass is 16.1. The van der Waals surface area contributed by atoms with E-state index >= 15 is 0 Å². The van der Waals surface area contributed by atoms with Crippen LogP contribution < -0.4 is 5.32 Å². The normalized spacial score (nSPS) is 10.8. The van der Waals surface area contributed by atoms with E-state index in [4.69, 9.17) is 5.26 Å². The zero-order chi connectivity index (χ0) is 13.1. The first-order valence-corrected chi connectivity index (χ1v) is 5.62. The van der Waals surface area contributed by atoms with E-state index < -0.39 is 5.91 Å². The molecule has 17 heavy (non-hydrogen) atoms. The molecule has 0 aromatic heterocycles. The van der Waals surface area contributed by atoms with Gasteiger partial charge in [-0.25, -0.2) is 0 Å². The Morgan fingerprint density at radius 3 is 2.53 bits per heavy atom. The van der Waals surface area contributed by atoms with E-state index in [1.807, 2.05) is 13.0 Å². The van der Waals surface area contributed by atoms with Gasteiger partial charge in [-0.1, -0.05) is 39.0 Å². The SMILES string of the molecule is Cc1cc(C(C)(C)C)ccc1CNC(=O)C#N. The van der Waals surface area contributed by atoms with E-state index in [1.54, 1.807) is 6.07 Å². The number of benzene rings is 1. The third-order valence-corrected chi connectivity index (χ3v) is 2.75. The summed E-state index contributed by atoms with van der Waals surface area (Å²) in [5.41, 5.74) is 3.57. The molecule has 0 bridgehead atoms. The van der Waals surface area contributed by atoms with Crippen LogP contribution in [0.4, 0.5) is 0 Å². The van der Waals surface area contributed by atoms with Crippen molar-refractivity contribution in [2.75, 3.05) is 0 Å². The van der Waals surface area contributed by atoms with Crippen LogP contribution in [0.25, 0.3) is 0 Å². The fourth-order valence-electron chi connectivity index (χ4n) is 1.58. The van der Waals surface area contributed by atoms with Crippen LogP contribution in [0.2, 0.25) is 0 Å². The molecule has 1 N–H and O–H groups in total. The van der Waals surface area contributed by atoms with Gasteiger partial charge in [-0.2, -0.15) is 5.26 Å². The number of rotatable bonds is 2. The monoisotopic (exact) mass is 230 g/mol. The molecule has 0 radical (unpaired) electrons. The maximum atomic E-state index is 10.9. The lowest BCUT2D eigenvalue weighted by Gasteiger charge is -2.20. The van der Waals surface area contributed by atoms with Crippen LogP contribution in [0.5, 0.6) is 0 Å². The summed E-state index contributed by atoms with van der Waals surface area (Å²) >= 11 is 0. The molecular weight excluding hydrogens is 212 g/mol. The number of nitrogens with one attached hydrogen (secondary N) is 1. The molecule has 3 nitrogen and oxygen atoms in total. The molecule has 1 aromatic carbocycles. The minimum atomic E-state index is -0.593. The first kappa shape index (κ1) is 13.2. The van der Waals surface area contributed by atoms with Gasteiger partial charge >= 0.3 is 5.91 Å². The summed E-state index contributed by atoms with van der Waals surface area (Å²) in [6, 6.07) is 7.75. The topological polar surface area (TPSA) is 52.9 Å². The van der Waals surface area contributed by atoms with Crippen molar-refractivity contribution in [3.05, 3.63) is 34.9 Å². The number of hydrogen-bond donors (Lipinski definition) is 1. The lowest BCUT2D eigenvalue weighted by molar-refractivity contribution is -0.116. The Balaban J connectivity index is 2.85. The molecule has 3 heteroatoms. The average molecular weight is 230 g/mol. The van der Waals surface area contributed by atoms with Crippen LogP contribution in [-0.2, 0) is 16.8 Å². The molecule has 1 amide bonds. The fraction of sp³-hybridized carbons (Fsp3) is 0.429. The largest absolute Gasteiger partial charge is 0.339 e. The standard InChI is InChI=1S/C14H18N2O/c1-10-7-12(14(2,3)4)6-5-11(10)9-16-13(17)8-15/h5-7H,9H2,1-4H3,(H,16,17). The summed E-state index contributed by atoms with van der Waals surface area (Å²) in [5.74, 6) is -0.593. The van der Waals surface area contributed by atoms with Gasteiger partial charge in [-0.3, -0.25) is 4.79 Å². The molecule has 1 rings (SSSR count). The number of carbonyl (C=O) groups is 1. The van der Waals surface area contributed by atoms with Crippen LogP contribution in [-0.4, -0.2) is 5.91 Å². The fourth-order valence-corrected chi connectivity index (χ4v) is 1.58. The highest BCUT2D eigenvalue weighted by molar-refractivity contribution is 5.91. The first-order chi connectivity index (χ1) is 7.84.